The normalized spacial score (nSPS) is 13.4. The molecule has 4 rings (SSSR count). The van der Waals surface area contributed by atoms with Crippen LogP contribution in [0, 0.1) is 11.3 Å². The molecule has 0 aliphatic heterocycles. The van der Waals surface area contributed by atoms with Gasteiger partial charge in [-0.15, -0.1) is 0 Å². The molecule has 0 bridgehead atoms. The molecule has 3 aromatic rings. The Labute approximate surface area is 161 Å². The molecule has 138 valence electrons. The molecule has 0 radical (unpaired) electrons. The third-order valence-corrected chi connectivity index (χ3v) is 4.55. The maximum absolute atomic E-state index is 12.2. The number of hydrazone groups is 1. The van der Waals surface area contributed by atoms with E-state index in [1.165, 1.54) is 11.8 Å². The fourth-order valence-corrected chi connectivity index (χ4v) is 2.94. The third kappa shape index (κ3) is 3.62. The molecular formula is C21H17N5O2. The van der Waals surface area contributed by atoms with Crippen molar-refractivity contribution >= 4 is 12.2 Å². The number of nitriles is 1. The Morgan fingerprint density at radius 3 is 2.75 bits per heavy atom. The van der Waals surface area contributed by atoms with Crippen molar-refractivity contribution in [2.75, 3.05) is 5.43 Å². The smallest absolute Gasteiger partial charge is 0.270 e. The lowest BCUT2D eigenvalue weighted by Crippen LogP contribution is -2.16. The maximum atomic E-state index is 12.2. The third-order valence-electron chi connectivity index (χ3n) is 4.55. The zero-order chi connectivity index (χ0) is 19.5. The average Bonchev–Trinajstić information content (AvgIpc) is 3.55. The van der Waals surface area contributed by atoms with Gasteiger partial charge in [-0.3, -0.25) is 9.78 Å². The summed E-state index contributed by atoms with van der Waals surface area (Å²) >= 11 is 0. The van der Waals surface area contributed by atoms with E-state index in [0.29, 0.717) is 17.0 Å². The van der Waals surface area contributed by atoms with E-state index in [0.717, 1.165) is 12.8 Å². The second kappa shape index (κ2) is 7.37. The Balaban J connectivity index is 1.61. The van der Waals surface area contributed by atoms with Gasteiger partial charge in [-0.2, -0.15) is 10.4 Å². The van der Waals surface area contributed by atoms with Gasteiger partial charge in [0.2, 0.25) is 5.95 Å². The van der Waals surface area contributed by atoms with Gasteiger partial charge in [0.1, 0.15) is 17.4 Å². The first-order valence-electron chi connectivity index (χ1n) is 8.87. The zero-order valence-electron chi connectivity index (χ0n) is 14.9. The Kier molecular flexibility index (Phi) is 4.60. The minimum absolute atomic E-state index is 0.0597. The monoisotopic (exact) mass is 371 g/mol. The Morgan fingerprint density at radius 1 is 1.25 bits per heavy atom. The number of aromatic nitrogens is 2. The highest BCUT2D eigenvalue weighted by Gasteiger charge is 2.23. The van der Waals surface area contributed by atoms with E-state index in [4.69, 9.17) is 0 Å². The number of phenols is 1. The van der Waals surface area contributed by atoms with Crippen LogP contribution in [0.3, 0.4) is 0 Å². The van der Waals surface area contributed by atoms with Crippen LogP contribution >= 0.6 is 0 Å². The van der Waals surface area contributed by atoms with Crippen molar-refractivity contribution in [3.05, 3.63) is 75.6 Å². The molecule has 1 saturated carbocycles. The summed E-state index contributed by atoms with van der Waals surface area (Å²) in [5.74, 6) is 0.795. The van der Waals surface area contributed by atoms with Gasteiger partial charge >= 0.3 is 0 Å². The van der Waals surface area contributed by atoms with Gasteiger partial charge in [-0.25, -0.2) is 10.4 Å². The minimum Gasteiger partial charge on any atom is -0.507 e. The predicted octanol–water partition coefficient (Wildman–Crippen LogP) is 3.34. The van der Waals surface area contributed by atoms with Crippen molar-refractivity contribution in [2.45, 2.75) is 18.8 Å². The summed E-state index contributed by atoms with van der Waals surface area (Å²) in [5.41, 5.74) is 4.76. The number of nitrogens with zero attached hydrogens (tertiary/aromatic N) is 3. The summed E-state index contributed by atoms with van der Waals surface area (Å²) in [6, 6.07) is 16.4. The van der Waals surface area contributed by atoms with Crippen molar-refractivity contribution in [1.29, 1.82) is 5.26 Å². The van der Waals surface area contributed by atoms with Crippen LogP contribution in [0.25, 0.3) is 11.3 Å². The van der Waals surface area contributed by atoms with E-state index in [9.17, 15) is 15.2 Å². The van der Waals surface area contributed by atoms with Gasteiger partial charge in [-0.1, -0.05) is 36.4 Å². The molecule has 1 fully saturated rings. The van der Waals surface area contributed by atoms with Crippen molar-refractivity contribution < 1.29 is 5.11 Å². The fraction of sp³-hybridized carbons (Fsp3) is 0.143. The quantitative estimate of drug-likeness (QED) is 0.470. The van der Waals surface area contributed by atoms with Gasteiger partial charge < -0.3 is 5.11 Å². The van der Waals surface area contributed by atoms with E-state index >= 15 is 0 Å². The first kappa shape index (κ1) is 17.5. The van der Waals surface area contributed by atoms with Crippen LogP contribution in [-0.2, 0) is 0 Å². The lowest BCUT2D eigenvalue weighted by molar-refractivity contribution is 0.474. The van der Waals surface area contributed by atoms with Crippen LogP contribution in [0.1, 0.15) is 35.4 Å². The van der Waals surface area contributed by atoms with Crippen molar-refractivity contribution in [1.82, 2.24) is 9.97 Å². The van der Waals surface area contributed by atoms with E-state index in [1.807, 2.05) is 24.3 Å². The Bertz CT molecular complexity index is 1140. The standard InChI is InChI=1S/C21H17N5O2/c22-11-17-19(14-4-2-1-3-5-14)24-21(25-20(17)28)26-23-12-16-10-15(13-6-7-13)8-9-18(16)27/h1-5,8-10,12-13,27H,6-7H2,(H2,24,25,26,28). The molecule has 0 atom stereocenters. The van der Waals surface area contributed by atoms with Gasteiger partial charge in [0.15, 0.2) is 0 Å². The topological polar surface area (TPSA) is 114 Å². The molecule has 28 heavy (non-hydrogen) atoms. The summed E-state index contributed by atoms with van der Waals surface area (Å²) in [6.45, 7) is 0. The molecule has 0 saturated heterocycles. The number of phenolic OH excluding ortho intramolecular Hbond substituents is 1. The number of aromatic hydroxyl groups is 1. The van der Waals surface area contributed by atoms with Crippen LogP contribution in [-0.4, -0.2) is 21.3 Å². The number of aromatic amines is 1. The fourth-order valence-electron chi connectivity index (χ4n) is 2.94. The van der Waals surface area contributed by atoms with E-state index in [1.54, 1.807) is 30.3 Å². The van der Waals surface area contributed by atoms with Crippen LogP contribution in [0.2, 0.25) is 0 Å². The molecule has 7 nitrogen and oxygen atoms in total. The van der Waals surface area contributed by atoms with Gasteiger partial charge in [0.25, 0.3) is 5.56 Å². The summed E-state index contributed by atoms with van der Waals surface area (Å²) < 4.78 is 0. The number of hydrogen-bond donors (Lipinski definition) is 3. The number of rotatable bonds is 5. The summed E-state index contributed by atoms with van der Waals surface area (Å²) in [5, 5.41) is 23.4. The van der Waals surface area contributed by atoms with Crippen molar-refractivity contribution in [3.63, 3.8) is 0 Å². The Morgan fingerprint density at radius 2 is 2.04 bits per heavy atom. The number of nitrogens with one attached hydrogen (secondary N) is 2. The average molecular weight is 371 g/mol. The molecule has 1 heterocycles. The highest BCUT2D eigenvalue weighted by atomic mass is 16.3. The molecule has 1 aliphatic carbocycles. The number of H-pyrrole nitrogens is 1. The molecule has 7 heteroatoms. The van der Waals surface area contributed by atoms with Crippen LogP contribution in [0.15, 0.2) is 58.4 Å². The SMILES string of the molecule is N#Cc1c(-c2ccccc2)nc(NN=Cc2cc(C3CC3)ccc2O)[nH]c1=O. The molecule has 1 aliphatic rings. The van der Waals surface area contributed by atoms with Gasteiger partial charge in [0, 0.05) is 11.1 Å². The lowest BCUT2D eigenvalue weighted by Gasteiger charge is -2.06. The second-order valence-electron chi connectivity index (χ2n) is 6.58. The highest BCUT2D eigenvalue weighted by molar-refractivity contribution is 5.84. The van der Waals surface area contributed by atoms with Crippen LogP contribution in [0.5, 0.6) is 5.75 Å². The summed E-state index contributed by atoms with van der Waals surface area (Å²) in [4.78, 5) is 19.0. The number of benzene rings is 2. The van der Waals surface area contributed by atoms with Crippen molar-refractivity contribution in [3.8, 4) is 23.1 Å². The second-order valence-corrected chi connectivity index (χ2v) is 6.58. The summed E-state index contributed by atoms with van der Waals surface area (Å²) in [7, 11) is 0. The van der Waals surface area contributed by atoms with Crippen LogP contribution < -0.4 is 11.0 Å². The largest absolute Gasteiger partial charge is 0.507 e. The first-order valence-corrected chi connectivity index (χ1v) is 8.87. The maximum Gasteiger partial charge on any atom is 0.270 e. The molecule has 0 unspecified atom stereocenters. The number of hydrogen-bond acceptors (Lipinski definition) is 6. The first-order chi connectivity index (χ1) is 13.7. The lowest BCUT2D eigenvalue weighted by atomic mass is 10.1. The van der Waals surface area contributed by atoms with Gasteiger partial charge in [-0.05, 0) is 36.5 Å². The highest BCUT2D eigenvalue weighted by Crippen LogP contribution is 2.40. The molecule has 3 N–H and O–H groups in total. The van der Waals surface area contributed by atoms with E-state index in [2.05, 4.69) is 20.5 Å². The van der Waals surface area contributed by atoms with E-state index in [-0.39, 0.29) is 23.0 Å². The van der Waals surface area contributed by atoms with Crippen LogP contribution in [0.4, 0.5) is 5.95 Å². The number of anilines is 1. The predicted molar refractivity (Wildman–Crippen MR) is 106 cm³/mol. The van der Waals surface area contributed by atoms with Gasteiger partial charge in [0.05, 0.1) is 11.9 Å². The Hall–Kier alpha value is -3.92. The zero-order valence-corrected chi connectivity index (χ0v) is 14.9. The minimum atomic E-state index is -0.548. The molecule has 1 aromatic heterocycles. The molecule has 0 amide bonds. The molecule has 0 spiro atoms. The summed E-state index contributed by atoms with van der Waals surface area (Å²) in [6.07, 6.45) is 3.80. The molecule has 2 aromatic carbocycles. The molecular weight excluding hydrogens is 354 g/mol. The van der Waals surface area contributed by atoms with Crippen molar-refractivity contribution in [2.24, 2.45) is 5.10 Å². The van der Waals surface area contributed by atoms with E-state index < -0.39 is 5.56 Å².